The number of hydrogen-bond acceptors (Lipinski definition) is 3. The molecule has 7 heteroatoms. The minimum Gasteiger partial charge on any atom is -0.346 e. The lowest BCUT2D eigenvalue weighted by Gasteiger charge is -2.38. The number of amides is 1. The third kappa shape index (κ3) is 4.45. The lowest BCUT2D eigenvalue weighted by Crippen LogP contribution is -2.54. The molecule has 1 fully saturated rings. The number of alkyl halides is 3. The van der Waals surface area contributed by atoms with Crippen LogP contribution in [0.25, 0.3) is 0 Å². The Morgan fingerprint density at radius 2 is 2.17 bits per heavy atom. The summed E-state index contributed by atoms with van der Waals surface area (Å²) in [5, 5.41) is 1.91. The zero-order chi connectivity index (χ0) is 13.9. The van der Waals surface area contributed by atoms with Gasteiger partial charge in [-0.2, -0.15) is 13.2 Å². The molecule has 1 rings (SSSR count). The Hall–Kier alpha value is -0.820. The van der Waals surface area contributed by atoms with Gasteiger partial charge in [-0.25, -0.2) is 0 Å². The number of likely N-dealkylation sites (tertiary alicyclic amines) is 1. The molecule has 0 bridgehead atoms. The third-order valence-corrected chi connectivity index (χ3v) is 3.39. The van der Waals surface area contributed by atoms with Crippen molar-refractivity contribution in [1.29, 1.82) is 0 Å². The van der Waals surface area contributed by atoms with E-state index >= 15 is 0 Å². The molecule has 0 aromatic carbocycles. The smallest absolute Gasteiger partial charge is 0.346 e. The van der Waals surface area contributed by atoms with E-state index in [4.69, 9.17) is 5.73 Å². The van der Waals surface area contributed by atoms with Crippen molar-refractivity contribution in [1.82, 2.24) is 10.2 Å². The second kappa shape index (κ2) is 5.88. The molecule has 0 aromatic rings. The number of nitrogens with zero attached hydrogens (tertiary/aromatic N) is 1. The highest BCUT2D eigenvalue weighted by atomic mass is 19.4. The van der Waals surface area contributed by atoms with Crippen molar-refractivity contribution in [2.45, 2.75) is 38.5 Å². The van der Waals surface area contributed by atoms with Gasteiger partial charge in [0.05, 0.1) is 6.04 Å². The first kappa shape index (κ1) is 15.2. The summed E-state index contributed by atoms with van der Waals surface area (Å²) in [6.45, 7) is 3.61. The minimum atomic E-state index is -4.37. The second-order valence-electron chi connectivity index (χ2n) is 4.93. The van der Waals surface area contributed by atoms with Crippen LogP contribution in [0.2, 0.25) is 0 Å². The van der Waals surface area contributed by atoms with Crippen LogP contribution in [0.3, 0.4) is 0 Å². The Kier molecular flexibility index (Phi) is 4.98. The van der Waals surface area contributed by atoms with Gasteiger partial charge in [-0.3, -0.25) is 9.69 Å². The van der Waals surface area contributed by atoms with E-state index < -0.39 is 24.7 Å². The van der Waals surface area contributed by atoms with Gasteiger partial charge in [-0.1, -0.05) is 6.92 Å². The molecule has 0 aromatic heterocycles. The van der Waals surface area contributed by atoms with Gasteiger partial charge in [-0.15, -0.1) is 0 Å². The summed E-state index contributed by atoms with van der Waals surface area (Å²) in [4.78, 5) is 13.5. The average molecular weight is 267 g/mol. The number of nitrogens with two attached hydrogens (primary N) is 1. The molecule has 0 spiro atoms. The Morgan fingerprint density at radius 3 is 2.67 bits per heavy atom. The van der Waals surface area contributed by atoms with Gasteiger partial charge >= 0.3 is 6.18 Å². The highest BCUT2D eigenvalue weighted by molar-refractivity contribution is 5.81. The number of rotatable bonds is 3. The highest BCUT2D eigenvalue weighted by Crippen LogP contribution is 2.17. The maximum atomic E-state index is 12.0. The van der Waals surface area contributed by atoms with Crippen molar-refractivity contribution < 1.29 is 18.0 Å². The van der Waals surface area contributed by atoms with Crippen LogP contribution in [0.4, 0.5) is 13.2 Å². The molecule has 1 amide bonds. The summed E-state index contributed by atoms with van der Waals surface area (Å²) in [6.07, 6.45) is -3.61. The summed E-state index contributed by atoms with van der Waals surface area (Å²) in [6, 6.07) is -0.450. The van der Waals surface area contributed by atoms with Crippen LogP contribution in [-0.2, 0) is 4.79 Å². The molecule has 1 saturated heterocycles. The molecule has 106 valence electrons. The van der Waals surface area contributed by atoms with E-state index in [2.05, 4.69) is 0 Å². The van der Waals surface area contributed by atoms with E-state index in [1.165, 1.54) is 0 Å². The van der Waals surface area contributed by atoms with Gasteiger partial charge < -0.3 is 11.1 Å². The summed E-state index contributed by atoms with van der Waals surface area (Å²) >= 11 is 0. The largest absolute Gasteiger partial charge is 0.405 e. The molecule has 1 heterocycles. The first-order chi connectivity index (χ1) is 8.20. The molecular formula is C11H20F3N3O. The first-order valence-electron chi connectivity index (χ1n) is 6.05. The Balaban J connectivity index is 2.44. The number of halogens is 3. The lowest BCUT2D eigenvalue weighted by atomic mass is 9.94. The molecule has 18 heavy (non-hydrogen) atoms. The van der Waals surface area contributed by atoms with Crippen molar-refractivity contribution in [2.75, 3.05) is 19.6 Å². The normalized spacial score (nSPS) is 27.9. The predicted octanol–water partition coefficient (Wildman–Crippen LogP) is 0.722. The molecule has 1 aliphatic heterocycles. The van der Waals surface area contributed by atoms with E-state index in [1.54, 1.807) is 6.92 Å². The number of nitrogens with one attached hydrogen (secondary N) is 1. The highest BCUT2D eigenvalue weighted by Gasteiger charge is 2.32. The fraction of sp³-hybridized carbons (Fsp3) is 0.909. The Morgan fingerprint density at radius 1 is 1.56 bits per heavy atom. The van der Waals surface area contributed by atoms with E-state index in [1.807, 2.05) is 17.1 Å². The number of carbonyl (C=O) groups is 1. The molecule has 1 aliphatic rings. The summed E-state index contributed by atoms with van der Waals surface area (Å²) < 4.78 is 36.0. The van der Waals surface area contributed by atoms with Crippen molar-refractivity contribution in [3.63, 3.8) is 0 Å². The van der Waals surface area contributed by atoms with Crippen LogP contribution < -0.4 is 11.1 Å². The Labute approximate surface area is 105 Å². The Bertz CT molecular complexity index is 296. The van der Waals surface area contributed by atoms with Crippen molar-refractivity contribution in [3.8, 4) is 0 Å². The molecule has 0 aliphatic carbocycles. The van der Waals surface area contributed by atoms with E-state index in [0.717, 1.165) is 6.42 Å². The summed E-state index contributed by atoms with van der Waals surface area (Å²) in [5.74, 6) is -0.341. The monoisotopic (exact) mass is 267 g/mol. The molecule has 4 nitrogen and oxygen atoms in total. The fourth-order valence-corrected chi connectivity index (χ4v) is 2.05. The van der Waals surface area contributed by atoms with Crippen LogP contribution in [0, 0.1) is 5.92 Å². The summed E-state index contributed by atoms with van der Waals surface area (Å²) in [7, 11) is 0. The molecule has 0 saturated carbocycles. The van der Waals surface area contributed by atoms with Crippen molar-refractivity contribution in [3.05, 3.63) is 0 Å². The minimum absolute atomic E-state index is 0.103. The maximum absolute atomic E-state index is 12.0. The van der Waals surface area contributed by atoms with Crippen LogP contribution >= 0.6 is 0 Å². The number of carbonyl (C=O) groups excluding carboxylic acids is 1. The number of hydrogen-bond donors (Lipinski definition) is 2. The fourth-order valence-electron chi connectivity index (χ4n) is 2.05. The SMILES string of the molecule is CC1CN(C(C)C(=O)NCC(F)(F)F)CCC1N. The van der Waals surface area contributed by atoms with E-state index in [9.17, 15) is 18.0 Å². The van der Waals surface area contributed by atoms with Crippen LogP contribution in [0.1, 0.15) is 20.3 Å². The van der Waals surface area contributed by atoms with Crippen molar-refractivity contribution in [2.24, 2.45) is 11.7 Å². The second-order valence-corrected chi connectivity index (χ2v) is 4.93. The standard InChI is InChI=1S/C11H20F3N3O/c1-7-5-17(4-3-9(7)15)8(2)10(18)16-6-11(12,13)14/h7-9H,3-6,15H2,1-2H3,(H,16,18). The van der Waals surface area contributed by atoms with Crippen molar-refractivity contribution >= 4 is 5.91 Å². The molecule has 0 radical (unpaired) electrons. The predicted molar refractivity (Wildman–Crippen MR) is 61.9 cm³/mol. The first-order valence-corrected chi connectivity index (χ1v) is 6.05. The topological polar surface area (TPSA) is 58.4 Å². The molecule has 3 N–H and O–H groups in total. The van der Waals surface area contributed by atoms with Crippen LogP contribution in [0.5, 0.6) is 0 Å². The molecule has 3 unspecified atom stereocenters. The van der Waals surface area contributed by atoms with Gasteiger partial charge in [0, 0.05) is 19.1 Å². The quantitative estimate of drug-likeness (QED) is 0.792. The molecular weight excluding hydrogens is 247 g/mol. The van der Waals surface area contributed by atoms with Gasteiger partial charge in [0.25, 0.3) is 0 Å². The van der Waals surface area contributed by atoms with Crippen LogP contribution in [0.15, 0.2) is 0 Å². The molecule has 3 atom stereocenters. The average Bonchev–Trinajstić information content (AvgIpc) is 2.27. The lowest BCUT2D eigenvalue weighted by molar-refractivity contribution is -0.141. The van der Waals surface area contributed by atoms with Gasteiger partial charge in [0.1, 0.15) is 6.54 Å². The zero-order valence-corrected chi connectivity index (χ0v) is 10.6. The third-order valence-electron chi connectivity index (χ3n) is 3.39. The summed E-state index contributed by atoms with van der Waals surface area (Å²) in [5.41, 5.74) is 5.86. The van der Waals surface area contributed by atoms with Gasteiger partial charge in [-0.05, 0) is 19.3 Å². The van der Waals surface area contributed by atoms with E-state index in [-0.39, 0.29) is 12.0 Å². The van der Waals surface area contributed by atoms with Crippen LogP contribution in [-0.4, -0.2) is 48.7 Å². The van der Waals surface area contributed by atoms with Gasteiger partial charge in [0.2, 0.25) is 5.91 Å². The zero-order valence-electron chi connectivity index (χ0n) is 10.6. The number of piperidine rings is 1. The maximum Gasteiger partial charge on any atom is 0.405 e. The van der Waals surface area contributed by atoms with Gasteiger partial charge in [0.15, 0.2) is 0 Å². The van der Waals surface area contributed by atoms with E-state index in [0.29, 0.717) is 13.1 Å².